The number of nitrogens with zero attached hydrogens (tertiary/aromatic N) is 1. The van der Waals surface area contributed by atoms with Gasteiger partial charge in [-0.25, -0.2) is 0 Å². The molecule has 0 radical (unpaired) electrons. The summed E-state index contributed by atoms with van der Waals surface area (Å²) in [5.41, 5.74) is 2.32. The summed E-state index contributed by atoms with van der Waals surface area (Å²) in [5.74, 6) is -0.270. The van der Waals surface area contributed by atoms with Gasteiger partial charge in [-0.2, -0.15) is 0 Å². The summed E-state index contributed by atoms with van der Waals surface area (Å²) in [7, 11) is 0. The second kappa shape index (κ2) is 8.54. The highest BCUT2D eigenvalue weighted by atomic mass is 16.5. The van der Waals surface area contributed by atoms with Gasteiger partial charge in [-0.15, -0.1) is 0 Å². The van der Waals surface area contributed by atoms with E-state index in [1.165, 1.54) is 0 Å². The molecule has 6 heteroatoms. The number of rotatable bonds is 5. The van der Waals surface area contributed by atoms with Crippen LogP contribution in [0.25, 0.3) is 0 Å². The SMILES string of the molecule is Cc1ccc(C(=O)Nc2cccc(NC(=O)C(C)(C)N3CCOCC3)c2)cc1. The number of hydrogen-bond acceptors (Lipinski definition) is 4. The molecule has 3 rings (SSSR count). The number of benzene rings is 2. The molecule has 1 aliphatic heterocycles. The van der Waals surface area contributed by atoms with E-state index in [0.717, 1.165) is 18.7 Å². The number of morpholine rings is 1. The Labute approximate surface area is 165 Å². The maximum Gasteiger partial charge on any atom is 0.255 e. The minimum absolute atomic E-state index is 0.0867. The number of ether oxygens (including phenoxy) is 1. The van der Waals surface area contributed by atoms with Gasteiger partial charge in [0.25, 0.3) is 5.91 Å². The maximum absolute atomic E-state index is 12.8. The van der Waals surface area contributed by atoms with Crippen LogP contribution in [0.1, 0.15) is 29.8 Å². The lowest BCUT2D eigenvalue weighted by atomic mass is 10.0. The summed E-state index contributed by atoms with van der Waals surface area (Å²) >= 11 is 0. The molecule has 2 N–H and O–H groups in total. The highest BCUT2D eigenvalue weighted by Gasteiger charge is 2.35. The van der Waals surface area contributed by atoms with Crippen LogP contribution in [0.15, 0.2) is 48.5 Å². The van der Waals surface area contributed by atoms with Gasteiger partial charge in [0.2, 0.25) is 5.91 Å². The molecule has 0 aliphatic carbocycles. The summed E-state index contributed by atoms with van der Waals surface area (Å²) in [5, 5.41) is 5.84. The number of carbonyl (C=O) groups is 2. The minimum Gasteiger partial charge on any atom is -0.379 e. The highest BCUT2D eigenvalue weighted by Crippen LogP contribution is 2.21. The summed E-state index contributed by atoms with van der Waals surface area (Å²) in [6.07, 6.45) is 0. The van der Waals surface area contributed by atoms with Crippen LogP contribution in [0.5, 0.6) is 0 Å². The fourth-order valence-electron chi connectivity index (χ4n) is 3.13. The average molecular weight is 381 g/mol. The first kappa shape index (κ1) is 20.0. The lowest BCUT2D eigenvalue weighted by Gasteiger charge is -2.39. The Kier molecular flexibility index (Phi) is 6.11. The molecule has 1 saturated heterocycles. The summed E-state index contributed by atoms with van der Waals surface area (Å²) in [4.78, 5) is 27.4. The first-order valence-electron chi connectivity index (χ1n) is 9.48. The van der Waals surface area contributed by atoms with Gasteiger partial charge in [0, 0.05) is 30.0 Å². The predicted molar refractivity (Wildman–Crippen MR) is 111 cm³/mol. The van der Waals surface area contributed by atoms with Gasteiger partial charge in [0.15, 0.2) is 0 Å². The van der Waals surface area contributed by atoms with Gasteiger partial charge in [-0.3, -0.25) is 14.5 Å². The predicted octanol–water partition coefficient (Wildman–Crippen LogP) is 3.30. The van der Waals surface area contributed by atoms with E-state index in [1.807, 2.05) is 45.0 Å². The van der Waals surface area contributed by atoms with E-state index in [2.05, 4.69) is 15.5 Å². The van der Waals surface area contributed by atoms with E-state index in [1.54, 1.807) is 24.3 Å². The van der Waals surface area contributed by atoms with Crippen molar-refractivity contribution in [1.29, 1.82) is 0 Å². The van der Waals surface area contributed by atoms with Gasteiger partial charge in [0.1, 0.15) is 0 Å². The summed E-state index contributed by atoms with van der Waals surface area (Å²) in [6.45, 7) is 8.54. The monoisotopic (exact) mass is 381 g/mol. The van der Waals surface area contributed by atoms with Crippen LogP contribution in [-0.4, -0.2) is 48.6 Å². The van der Waals surface area contributed by atoms with Crippen molar-refractivity contribution in [3.8, 4) is 0 Å². The lowest BCUT2D eigenvalue weighted by Crippen LogP contribution is -2.56. The molecule has 2 amide bonds. The Morgan fingerprint density at radius 2 is 1.57 bits per heavy atom. The molecule has 2 aromatic rings. The second-order valence-corrected chi connectivity index (χ2v) is 7.51. The number of carbonyl (C=O) groups excluding carboxylic acids is 2. The molecular weight excluding hydrogens is 354 g/mol. The van der Waals surface area contributed by atoms with Crippen molar-refractivity contribution in [2.75, 3.05) is 36.9 Å². The van der Waals surface area contributed by atoms with E-state index in [0.29, 0.717) is 30.2 Å². The van der Waals surface area contributed by atoms with Crippen LogP contribution in [0.2, 0.25) is 0 Å². The number of nitrogens with one attached hydrogen (secondary N) is 2. The molecule has 0 unspecified atom stereocenters. The molecule has 1 aliphatic rings. The van der Waals surface area contributed by atoms with Crippen molar-refractivity contribution in [2.45, 2.75) is 26.3 Å². The molecular formula is C22H27N3O3. The first-order chi connectivity index (χ1) is 13.4. The number of amides is 2. The van der Waals surface area contributed by atoms with Gasteiger partial charge in [-0.05, 0) is 51.1 Å². The van der Waals surface area contributed by atoms with Crippen molar-refractivity contribution in [3.05, 3.63) is 59.7 Å². The quantitative estimate of drug-likeness (QED) is 0.834. The zero-order chi connectivity index (χ0) is 20.1. The largest absolute Gasteiger partial charge is 0.379 e. The van der Waals surface area contributed by atoms with Gasteiger partial charge in [0.05, 0.1) is 18.8 Å². The molecule has 0 bridgehead atoms. The van der Waals surface area contributed by atoms with Crippen molar-refractivity contribution in [2.24, 2.45) is 0 Å². The van der Waals surface area contributed by atoms with Crippen molar-refractivity contribution in [1.82, 2.24) is 4.90 Å². The average Bonchev–Trinajstić information content (AvgIpc) is 2.69. The third-order valence-corrected chi connectivity index (χ3v) is 5.05. The van der Waals surface area contributed by atoms with Gasteiger partial charge >= 0.3 is 0 Å². The Bertz CT molecular complexity index is 840. The molecule has 148 valence electrons. The van der Waals surface area contributed by atoms with Crippen molar-refractivity contribution in [3.63, 3.8) is 0 Å². The molecule has 1 heterocycles. The molecule has 2 aromatic carbocycles. The van der Waals surface area contributed by atoms with Gasteiger partial charge in [-0.1, -0.05) is 23.8 Å². The topological polar surface area (TPSA) is 70.7 Å². The zero-order valence-corrected chi connectivity index (χ0v) is 16.6. The molecule has 0 atom stereocenters. The van der Waals surface area contributed by atoms with E-state index in [9.17, 15) is 9.59 Å². The third-order valence-electron chi connectivity index (χ3n) is 5.05. The number of hydrogen-bond donors (Lipinski definition) is 2. The Hall–Kier alpha value is -2.70. The fourth-order valence-corrected chi connectivity index (χ4v) is 3.13. The highest BCUT2D eigenvalue weighted by molar-refractivity contribution is 6.05. The Morgan fingerprint density at radius 1 is 0.964 bits per heavy atom. The van der Waals surface area contributed by atoms with Crippen LogP contribution in [0, 0.1) is 6.92 Å². The summed E-state index contributed by atoms with van der Waals surface area (Å²) < 4.78 is 5.37. The lowest BCUT2D eigenvalue weighted by molar-refractivity contribution is -0.129. The Morgan fingerprint density at radius 3 is 2.21 bits per heavy atom. The minimum atomic E-state index is -0.648. The molecule has 1 fully saturated rings. The molecule has 28 heavy (non-hydrogen) atoms. The van der Waals surface area contributed by atoms with E-state index >= 15 is 0 Å². The normalized spacial score (nSPS) is 15.1. The molecule has 0 aromatic heterocycles. The smallest absolute Gasteiger partial charge is 0.255 e. The first-order valence-corrected chi connectivity index (χ1v) is 9.48. The maximum atomic E-state index is 12.8. The van der Waals surface area contributed by atoms with Crippen molar-refractivity contribution < 1.29 is 14.3 Å². The fraction of sp³-hybridized carbons (Fsp3) is 0.364. The number of anilines is 2. The van der Waals surface area contributed by atoms with Crippen LogP contribution in [0.3, 0.4) is 0 Å². The zero-order valence-electron chi connectivity index (χ0n) is 16.6. The summed E-state index contributed by atoms with van der Waals surface area (Å²) in [6, 6.07) is 14.6. The number of aryl methyl sites for hydroxylation is 1. The standard InChI is InChI=1S/C22H27N3O3/c1-16-7-9-17(10-8-16)20(26)23-18-5-4-6-19(15-18)24-21(27)22(2,3)25-11-13-28-14-12-25/h4-10,15H,11-14H2,1-3H3,(H,23,26)(H,24,27). The Balaban J connectivity index is 1.66. The van der Waals surface area contributed by atoms with Crippen LogP contribution in [0.4, 0.5) is 11.4 Å². The van der Waals surface area contributed by atoms with Crippen LogP contribution in [-0.2, 0) is 9.53 Å². The van der Waals surface area contributed by atoms with Crippen LogP contribution >= 0.6 is 0 Å². The van der Waals surface area contributed by atoms with E-state index < -0.39 is 5.54 Å². The molecule has 0 spiro atoms. The third kappa shape index (κ3) is 4.77. The molecule has 6 nitrogen and oxygen atoms in total. The van der Waals surface area contributed by atoms with Gasteiger partial charge < -0.3 is 15.4 Å². The van der Waals surface area contributed by atoms with Crippen LogP contribution < -0.4 is 10.6 Å². The van der Waals surface area contributed by atoms with E-state index in [4.69, 9.17) is 4.74 Å². The van der Waals surface area contributed by atoms with Crippen molar-refractivity contribution >= 4 is 23.2 Å². The second-order valence-electron chi connectivity index (χ2n) is 7.51. The van der Waals surface area contributed by atoms with E-state index in [-0.39, 0.29) is 11.8 Å². The molecule has 0 saturated carbocycles.